The minimum atomic E-state index is -0.195. The molecule has 2 atom stereocenters. The zero-order valence-electron chi connectivity index (χ0n) is 10.3. The second-order valence-corrected chi connectivity index (χ2v) is 4.39. The highest BCUT2D eigenvalue weighted by Crippen LogP contribution is 2.29. The summed E-state index contributed by atoms with van der Waals surface area (Å²) in [5.74, 6) is 1.03. The number of ether oxygens (including phenoxy) is 1. The highest BCUT2D eigenvalue weighted by atomic mass is 16.5. The summed E-state index contributed by atoms with van der Waals surface area (Å²) >= 11 is 0. The Hall–Kier alpha value is -1.23. The quantitative estimate of drug-likeness (QED) is 0.805. The normalized spacial score (nSPS) is 22.7. The maximum absolute atomic E-state index is 11.8. The fourth-order valence-corrected chi connectivity index (χ4v) is 2.22. The van der Waals surface area contributed by atoms with Gasteiger partial charge >= 0.3 is 0 Å². The SMILES string of the molecule is CCC(OC)c1noc(C2CCCCC2=O)n1. The van der Waals surface area contributed by atoms with Crippen LogP contribution in [0.4, 0.5) is 0 Å². The number of hydrogen-bond acceptors (Lipinski definition) is 5. The lowest BCUT2D eigenvalue weighted by atomic mass is 9.88. The third-order valence-electron chi connectivity index (χ3n) is 3.25. The van der Waals surface area contributed by atoms with Crippen molar-refractivity contribution in [1.82, 2.24) is 10.1 Å². The minimum absolute atomic E-state index is 0.147. The van der Waals surface area contributed by atoms with E-state index in [4.69, 9.17) is 9.26 Å². The number of carbonyl (C=O) groups excluding carboxylic acids is 1. The van der Waals surface area contributed by atoms with Crippen molar-refractivity contribution in [3.8, 4) is 0 Å². The van der Waals surface area contributed by atoms with E-state index in [2.05, 4.69) is 10.1 Å². The van der Waals surface area contributed by atoms with Crippen LogP contribution in [0.3, 0.4) is 0 Å². The van der Waals surface area contributed by atoms with E-state index in [9.17, 15) is 4.79 Å². The van der Waals surface area contributed by atoms with Gasteiger partial charge in [-0.15, -0.1) is 0 Å². The lowest BCUT2D eigenvalue weighted by Gasteiger charge is -2.16. The number of rotatable bonds is 4. The van der Waals surface area contributed by atoms with Crippen LogP contribution in [0.25, 0.3) is 0 Å². The number of aromatic nitrogens is 2. The van der Waals surface area contributed by atoms with E-state index in [1.165, 1.54) is 0 Å². The average molecular weight is 238 g/mol. The highest BCUT2D eigenvalue weighted by Gasteiger charge is 2.29. The van der Waals surface area contributed by atoms with Crippen LogP contribution in [0.1, 0.15) is 62.8 Å². The number of hydrogen-bond donors (Lipinski definition) is 0. The van der Waals surface area contributed by atoms with Crippen LogP contribution in [0.2, 0.25) is 0 Å². The van der Waals surface area contributed by atoms with Gasteiger partial charge in [-0.2, -0.15) is 4.98 Å². The third kappa shape index (κ3) is 2.54. The van der Waals surface area contributed by atoms with Crippen molar-refractivity contribution in [3.63, 3.8) is 0 Å². The first-order valence-corrected chi connectivity index (χ1v) is 6.15. The molecule has 1 aromatic rings. The molecule has 0 aromatic carbocycles. The first-order chi connectivity index (χ1) is 8.26. The molecule has 17 heavy (non-hydrogen) atoms. The summed E-state index contributed by atoms with van der Waals surface area (Å²) in [7, 11) is 1.62. The molecule has 0 spiro atoms. The fourth-order valence-electron chi connectivity index (χ4n) is 2.22. The molecular formula is C12H18N2O3. The van der Waals surface area contributed by atoms with Gasteiger partial charge in [0, 0.05) is 13.5 Å². The molecule has 94 valence electrons. The first-order valence-electron chi connectivity index (χ1n) is 6.15. The van der Waals surface area contributed by atoms with Gasteiger partial charge in [0.05, 0.1) is 5.92 Å². The number of carbonyl (C=O) groups is 1. The number of methoxy groups -OCH3 is 1. The van der Waals surface area contributed by atoms with Crippen molar-refractivity contribution in [3.05, 3.63) is 11.7 Å². The second-order valence-electron chi connectivity index (χ2n) is 4.39. The Labute approximate surface area is 101 Å². The van der Waals surface area contributed by atoms with E-state index in [1.807, 2.05) is 6.92 Å². The molecule has 0 aliphatic heterocycles. The Morgan fingerprint density at radius 3 is 3.00 bits per heavy atom. The van der Waals surface area contributed by atoms with Gasteiger partial charge in [-0.1, -0.05) is 18.5 Å². The largest absolute Gasteiger partial charge is 0.373 e. The Balaban J connectivity index is 2.14. The molecule has 0 amide bonds. The number of Topliss-reactive ketones (excluding diaryl/α,β-unsaturated/α-hetero) is 1. The molecule has 0 bridgehead atoms. The lowest BCUT2D eigenvalue weighted by molar-refractivity contribution is -0.122. The number of ketones is 1. The molecule has 1 aliphatic carbocycles. The predicted octanol–water partition coefficient (Wildman–Crippen LogP) is 2.39. The first kappa shape index (κ1) is 12.2. The molecule has 0 radical (unpaired) electrons. The Morgan fingerprint density at radius 1 is 1.53 bits per heavy atom. The number of nitrogens with zero attached hydrogens (tertiary/aromatic N) is 2. The standard InChI is InChI=1S/C12H18N2O3/c1-3-10(16-2)11-13-12(17-14-11)8-6-4-5-7-9(8)15/h8,10H,3-7H2,1-2H3. The third-order valence-corrected chi connectivity index (χ3v) is 3.25. The van der Waals surface area contributed by atoms with Crippen LogP contribution in [0.5, 0.6) is 0 Å². The molecule has 1 saturated carbocycles. The molecule has 1 heterocycles. The predicted molar refractivity (Wildman–Crippen MR) is 60.6 cm³/mol. The van der Waals surface area contributed by atoms with Crippen molar-refractivity contribution in [1.29, 1.82) is 0 Å². The Morgan fingerprint density at radius 2 is 2.35 bits per heavy atom. The van der Waals surface area contributed by atoms with Crippen LogP contribution in [0, 0.1) is 0 Å². The minimum Gasteiger partial charge on any atom is -0.373 e. The van der Waals surface area contributed by atoms with Gasteiger partial charge in [0.25, 0.3) is 0 Å². The molecule has 1 fully saturated rings. The summed E-state index contributed by atoms with van der Waals surface area (Å²) in [4.78, 5) is 16.1. The van der Waals surface area contributed by atoms with E-state index in [0.717, 1.165) is 25.7 Å². The van der Waals surface area contributed by atoms with E-state index >= 15 is 0 Å². The van der Waals surface area contributed by atoms with Crippen molar-refractivity contribution >= 4 is 5.78 Å². The van der Waals surface area contributed by atoms with Crippen LogP contribution in [-0.2, 0) is 9.53 Å². The second kappa shape index (κ2) is 5.40. The molecular weight excluding hydrogens is 220 g/mol. The molecule has 2 unspecified atom stereocenters. The maximum Gasteiger partial charge on any atom is 0.237 e. The van der Waals surface area contributed by atoms with Gasteiger partial charge in [-0.3, -0.25) is 4.79 Å². The van der Waals surface area contributed by atoms with Crippen LogP contribution in [0.15, 0.2) is 4.52 Å². The van der Waals surface area contributed by atoms with E-state index in [0.29, 0.717) is 18.1 Å². The van der Waals surface area contributed by atoms with Gasteiger partial charge in [0.15, 0.2) is 0 Å². The zero-order valence-corrected chi connectivity index (χ0v) is 10.3. The molecule has 0 N–H and O–H groups in total. The van der Waals surface area contributed by atoms with E-state index < -0.39 is 0 Å². The molecule has 0 saturated heterocycles. The van der Waals surface area contributed by atoms with Crippen molar-refractivity contribution in [2.24, 2.45) is 0 Å². The Kier molecular flexibility index (Phi) is 3.89. The summed E-state index contributed by atoms with van der Waals surface area (Å²) in [6.45, 7) is 2.00. The van der Waals surface area contributed by atoms with Gasteiger partial charge < -0.3 is 9.26 Å². The van der Waals surface area contributed by atoms with E-state index in [-0.39, 0.29) is 17.8 Å². The van der Waals surface area contributed by atoms with Crippen LogP contribution >= 0.6 is 0 Å². The highest BCUT2D eigenvalue weighted by molar-refractivity contribution is 5.85. The van der Waals surface area contributed by atoms with Crippen LogP contribution < -0.4 is 0 Å². The maximum atomic E-state index is 11.8. The van der Waals surface area contributed by atoms with Crippen molar-refractivity contribution < 1.29 is 14.1 Å². The van der Waals surface area contributed by atoms with Gasteiger partial charge in [-0.05, 0) is 19.3 Å². The molecule has 5 nitrogen and oxygen atoms in total. The van der Waals surface area contributed by atoms with Gasteiger partial charge in [0.1, 0.15) is 11.9 Å². The topological polar surface area (TPSA) is 65.2 Å². The summed E-state index contributed by atoms with van der Waals surface area (Å²) in [6, 6.07) is 0. The fraction of sp³-hybridized carbons (Fsp3) is 0.750. The van der Waals surface area contributed by atoms with Gasteiger partial charge in [0.2, 0.25) is 11.7 Å². The monoisotopic (exact) mass is 238 g/mol. The lowest BCUT2D eigenvalue weighted by Crippen LogP contribution is -2.17. The van der Waals surface area contributed by atoms with Crippen molar-refractivity contribution in [2.75, 3.05) is 7.11 Å². The van der Waals surface area contributed by atoms with Crippen molar-refractivity contribution in [2.45, 2.75) is 51.0 Å². The Bertz CT molecular complexity index is 385. The van der Waals surface area contributed by atoms with Gasteiger partial charge in [-0.25, -0.2) is 0 Å². The summed E-state index contributed by atoms with van der Waals surface area (Å²) in [5, 5.41) is 3.90. The molecule has 1 aliphatic rings. The van der Waals surface area contributed by atoms with Crippen LogP contribution in [-0.4, -0.2) is 23.0 Å². The molecule has 2 rings (SSSR count). The summed E-state index contributed by atoms with van der Waals surface area (Å²) < 4.78 is 10.4. The molecule has 1 aromatic heterocycles. The summed E-state index contributed by atoms with van der Waals surface area (Å²) in [6.07, 6.45) is 4.12. The summed E-state index contributed by atoms with van der Waals surface area (Å²) in [5.41, 5.74) is 0. The molecule has 5 heteroatoms. The zero-order chi connectivity index (χ0) is 12.3. The smallest absolute Gasteiger partial charge is 0.237 e. The van der Waals surface area contributed by atoms with E-state index in [1.54, 1.807) is 7.11 Å². The average Bonchev–Trinajstić information content (AvgIpc) is 2.81.